The normalized spacial score (nSPS) is 10.0. The van der Waals surface area contributed by atoms with Gasteiger partial charge in [0.1, 0.15) is 0 Å². The Labute approximate surface area is 44.7 Å². The molecule has 0 saturated heterocycles. The summed E-state index contributed by atoms with van der Waals surface area (Å²) in [6.07, 6.45) is -3.50. The van der Waals surface area contributed by atoms with E-state index in [9.17, 15) is 8.78 Å². The molecule has 0 aromatic carbocycles. The molecule has 1 nitrogen and oxygen atoms in total. The van der Waals surface area contributed by atoms with Crippen molar-refractivity contribution >= 4 is 17.0 Å². The number of hydrogen-bond acceptors (Lipinski definition) is 1. The van der Waals surface area contributed by atoms with E-state index in [-0.39, 0.29) is 17.0 Å². The molecular formula is C2H5BrF2O. The van der Waals surface area contributed by atoms with Crippen molar-refractivity contribution in [1.82, 2.24) is 0 Å². The van der Waals surface area contributed by atoms with Crippen LogP contribution in [0.1, 0.15) is 6.92 Å². The number of aliphatic hydroxyl groups is 1. The third-order valence-electron chi connectivity index (χ3n) is 0. The smallest absolute Gasteiger partial charge is 0.337 e. The summed E-state index contributed by atoms with van der Waals surface area (Å²) >= 11 is 0. The first-order chi connectivity index (χ1) is 2.00. The lowest BCUT2D eigenvalue weighted by atomic mass is 10.8. The average Bonchev–Trinajstić information content (AvgIpc) is 0.722. The highest BCUT2D eigenvalue weighted by Crippen LogP contribution is 2.02. The van der Waals surface area contributed by atoms with Gasteiger partial charge in [-0.25, -0.2) is 0 Å². The van der Waals surface area contributed by atoms with Crippen LogP contribution in [0.5, 0.6) is 0 Å². The molecule has 0 aliphatic heterocycles. The molecule has 4 heteroatoms. The third-order valence-corrected chi connectivity index (χ3v) is 0. The number of hydrogen-bond donors (Lipinski definition) is 1. The van der Waals surface area contributed by atoms with E-state index < -0.39 is 6.11 Å². The van der Waals surface area contributed by atoms with Crippen molar-refractivity contribution in [3.05, 3.63) is 0 Å². The predicted molar refractivity (Wildman–Crippen MR) is 23.2 cm³/mol. The average molecular weight is 163 g/mol. The highest BCUT2D eigenvalue weighted by atomic mass is 79.9. The standard InChI is InChI=1S/C2H4F2O.BrH/c1-2(3,4)5;/h5H,1H3;1H. The van der Waals surface area contributed by atoms with Gasteiger partial charge in [-0.05, 0) is 0 Å². The molecule has 0 unspecified atom stereocenters. The molecule has 0 heterocycles. The van der Waals surface area contributed by atoms with Crippen LogP contribution in [0, 0.1) is 0 Å². The number of halogens is 3. The van der Waals surface area contributed by atoms with Crippen LogP contribution in [0.4, 0.5) is 8.78 Å². The Morgan fingerprint density at radius 3 is 1.50 bits per heavy atom. The van der Waals surface area contributed by atoms with Crippen molar-refractivity contribution in [2.75, 3.05) is 0 Å². The van der Waals surface area contributed by atoms with Gasteiger partial charge in [-0.15, -0.1) is 17.0 Å². The van der Waals surface area contributed by atoms with E-state index in [1.165, 1.54) is 0 Å². The fourth-order valence-corrected chi connectivity index (χ4v) is 0. The Morgan fingerprint density at radius 2 is 1.50 bits per heavy atom. The molecule has 0 fully saturated rings. The van der Waals surface area contributed by atoms with Crippen molar-refractivity contribution in [2.24, 2.45) is 0 Å². The van der Waals surface area contributed by atoms with Crippen LogP contribution in [0.25, 0.3) is 0 Å². The van der Waals surface area contributed by atoms with Crippen LogP contribution >= 0.6 is 17.0 Å². The molecule has 40 valence electrons. The number of alkyl halides is 2. The van der Waals surface area contributed by atoms with E-state index in [0.29, 0.717) is 6.92 Å². The molecule has 0 amide bonds. The maximum atomic E-state index is 10.6. The summed E-state index contributed by atoms with van der Waals surface area (Å²) in [5, 5.41) is 7.19. The molecule has 0 aliphatic carbocycles. The van der Waals surface area contributed by atoms with E-state index in [2.05, 4.69) is 0 Å². The summed E-state index contributed by atoms with van der Waals surface area (Å²) in [6.45, 7) is 0.410. The summed E-state index contributed by atoms with van der Waals surface area (Å²) in [7, 11) is 0. The van der Waals surface area contributed by atoms with Gasteiger partial charge < -0.3 is 5.11 Å². The van der Waals surface area contributed by atoms with Crippen LogP contribution in [0.15, 0.2) is 0 Å². The van der Waals surface area contributed by atoms with Gasteiger partial charge in [0.2, 0.25) is 0 Å². The van der Waals surface area contributed by atoms with E-state index in [1.54, 1.807) is 0 Å². The van der Waals surface area contributed by atoms with Crippen molar-refractivity contribution in [2.45, 2.75) is 13.0 Å². The van der Waals surface area contributed by atoms with Crippen LogP contribution < -0.4 is 0 Å². The molecule has 0 spiro atoms. The summed E-state index contributed by atoms with van der Waals surface area (Å²) in [4.78, 5) is 0. The summed E-state index contributed by atoms with van der Waals surface area (Å²) in [6, 6.07) is 0. The second-order valence-electron chi connectivity index (χ2n) is 0.842. The summed E-state index contributed by atoms with van der Waals surface area (Å²) in [5.41, 5.74) is 0. The van der Waals surface area contributed by atoms with Gasteiger partial charge in [0.25, 0.3) is 0 Å². The van der Waals surface area contributed by atoms with Gasteiger partial charge in [-0.3, -0.25) is 0 Å². The lowest BCUT2D eigenvalue weighted by Crippen LogP contribution is -2.04. The zero-order chi connectivity index (χ0) is 4.50. The Morgan fingerprint density at radius 1 is 1.50 bits per heavy atom. The van der Waals surface area contributed by atoms with Gasteiger partial charge in [-0.2, -0.15) is 8.78 Å². The van der Waals surface area contributed by atoms with Crippen molar-refractivity contribution in [3.63, 3.8) is 0 Å². The fraction of sp³-hybridized carbons (Fsp3) is 1.00. The van der Waals surface area contributed by atoms with Crippen molar-refractivity contribution in [3.8, 4) is 0 Å². The van der Waals surface area contributed by atoms with Gasteiger partial charge in [0.05, 0.1) is 0 Å². The second kappa shape index (κ2) is 2.47. The Balaban J connectivity index is 0. The maximum Gasteiger partial charge on any atom is 0.350 e. The molecule has 0 aromatic rings. The second-order valence-corrected chi connectivity index (χ2v) is 0.842. The first kappa shape index (κ1) is 9.57. The quantitative estimate of drug-likeness (QED) is 0.568. The highest BCUT2D eigenvalue weighted by molar-refractivity contribution is 8.93. The molecule has 0 aliphatic rings. The van der Waals surface area contributed by atoms with Crippen LogP contribution in [0.2, 0.25) is 0 Å². The Bertz CT molecular complexity index is 27.0. The molecule has 1 N–H and O–H groups in total. The SMILES string of the molecule is Br.CC(O)(F)F. The molecule has 0 saturated carbocycles. The monoisotopic (exact) mass is 162 g/mol. The highest BCUT2D eigenvalue weighted by Gasteiger charge is 2.11. The summed E-state index contributed by atoms with van der Waals surface area (Å²) in [5.74, 6) is 0. The molecule has 6 heavy (non-hydrogen) atoms. The first-order valence-corrected chi connectivity index (χ1v) is 1.10. The minimum atomic E-state index is -3.50. The zero-order valence-corrected chi connectivity index (χ0v) is 4.82. The van der Waals surface area contributed by atoms with Crippen LogP contribution in [0.3, 0.4) is 0 Å². The van der Waals surface area contributed by atoms with Gasteiger partial charge >= 0.3 is 6.11 Å². The van der Waals surface area contributed by atoms with E-state index >= 15 is 0 Å². The summed E-state index contributed by atoms with van der Waals surface area (Å²) < 4.78 is 21.2. The molecule has 0 bridgehead atoms. The maximum absolute atomic E-state index is 10.6. The van der Waals surface area contributed by atoms with E-state index in [4.69, 9.17) is 5.11 Å². The minimum absolute atomic E-state index is 0. The van der Waals surface area contributed by atoms with Crippen molar-refractivity contribution in [1.29, 1.82) is 0 Å². The topological polar surface area (TPSA) is 20.2 Å². The molecule has 0 radical (unpaired) electrons. The van der Waals surface area contributed by atoms with Crippen LogP contribution in [-0.4, -0.2) is 11.2 Å². The van der Waals surface area contributed by atoms with Gasteiger partial charge in [0, 0.05) is 6.92 Å². The predicted octanol–water partition coefficient (Wildman–Crippen LogP) is 1.17. The lowest BCUT2D eigenvalue weighted by Gasteiger charge is -1.93. The van der Waals surface area contributed by atoms with E-state index in [1.807, 2.05) is 0 Å². The Kier molecular flexibility index (Phi) is 3.94. The number of rotatable bonds is 0. The molecular weight excluding hydrogens is 158 g/mol. The fourth-order valence-electron chi connectivity index (χ4n) is 0. The largest absolute Gasteiger partial charge is 0.350 e. The minimum Gasteiger partial charge on any atom is -0.337 e. The molecule has 0 rings (SSSR count). The third kappa shape index (κ3) is 520. The Hall–Kier alpha value is 0.300. The zero-order valence-electron chi connectivity index (χ0n) is 3.11. The van der Waals surface area contributed by atoms with Crippen molar-refractivity contribution < 1.29 is 13.9 Å². The van der Waals surface area contributed by atoms with Gasteiger partial charge in [-0.1, -0.05) is 0 Å². The van der Waals surface area contributed by atoms with E-state index in [0.717, 1.165) is 0 Å². The molecule has 0 atom stereocenters. The first-order valence-electron chi connectivity index (χ1n) is 1.10. The molecule has 0 aromatic heterocycles. The van der Waals surface area contributed by atoms with Gasteiger partial charge in [0.15, 0.2) is 0 Å². The lowest BCUT2D eigenvalue weighted by molar-refractivity contribution is -0.181. The van der Waals surface area contributed by atoms with Crippen LogP contribution in [-0.2, 0) is 0 Å².